The molecule has 10 heteroatoms. The molecule has 31 heavy (non-hydrogen) atoms. The average Bonchev–Trinajstić information content (AvgIpc) is 2.99. The highest BCUT2D eigenvalue weighted by molar-refractivity contribution is 6.09. The molecule has 0 aliphatic carbocycles. The predicted molar refractivity (Wildman–Crippen MR) is 104 cm³/mol. The summed E-state index contributed by atoms with van der Waals surface area (Å²) in [6.45, 7) is 0. The molecular weight excluding hydrogens is 414 g/mol. The largest absolute Gasteiger partial charge is 0.433 e. The number of benzene rings is 1. The third-order valence-corrected chi connectivity index (χ3v) is 5.03. The summed E-state index contributed by atoms with van der Waals surface area (Å²) < 4.78 is 55.0. The van der Waals surface area contributed by atoms with Gasteiger partial charge in [0, 0.05) is 30.6 Å². The summed E-state index contributed by atoms with van der Waals surface area (Å²) in [5.41, 5.74) is 2.94. The maximum absolute atomic E-state index is 15.1. The van der Waals surface area contributed by atoms with Gasteiger partial charge in [0.15, 0.2) is 11.5 Å². The fraction of sp³-hybridized carbons (Fsp3) is 0.143. The SMILES string of the molecule is CN1C(=O)C(c2ccnc(C(F)(F)F)c2)(c2cc(-c3ccccn3)ccc2F)N=C1N. The molecule has 0 radical (unpaired) electrons. The first-order valence-corrected chi connectivity index (χ1v) is 9.03. The standard InChI is InChI=1S/C21H15F4N5O/c1-30-18(31)20(29-19(30)26,13-7-9-28-17(11-13)21(23,24)25)14-10-12(5-6-15(14)22)16-4-2-3-8-27-16/h2-11H,1H3,(H2,26,29). The summed E-state index contributed by atoms with van der Waals surface area (Å²) in [6.07, 6.45) is -2.33. The molecule has 1 unspecified atom stereocenters. The molecule has 6 nitrogen and oxygen atoms in total. The summed E-state index contributed by atoms with van der Waals surface area (Å²) in [5.74, 6) is -1.87. The molecule has 0 spiro atoms. The highest BCUT2D eigenvalue weighted by Crippen LogP contribution is 2.42. The number of amides is 1. The molecule has 0 bridgehead atoms. The zero-order valence-corrected chi connectivity index (χ0v) is 16.1. The van der Waals surface area contributed by atoms with Crippen molar-refractivity contribution in [2.24, 2.45) is 10.7 Å². The van der Waals surface area contributed by atoms with Gasteiger partial charge in [-0.05, 0) is 48.0 Å². The summed E-state index contributed by atoms with van der Waals surface area (Å²) in [7, 11) is 1.31. The Kier molecular flexibility index (Phi) is 4.72. The lowest BCUT2D eigenvalue weighted by atomic mass is 9.81. The third kappa shape index (κ3) is 3.29. The van der Waals surface area contributed by atoms with E-state index in [0.717, 1.165) is 17.2 Å². The Morgan fingerprint density at radius 2 is 1.81 bits per heavy atom. The Labute approximate surface area is 174 Å². The maximum atomic E-state index is 15.1. The first-order chi connectivity index (χ1) is 14.6. The maximum Gasteiger partial charge on any atom is 0.433 e. The summed E-state index contributed by atoms with van der Waals surface area (Å²) in [6, 6.07) is 10.9. The minimum absolute atomic E-state index is 0.204. The number of aromatic nitrogens is 2. The second-order valence-electron chi connectivity index (χ2n) is 6.88. The predicted octanol–water partition coefficient (Wildman–Crippen LogP) is 3.33. The zero-order valence-electron chi connectivity index (χ0n) is 16.1. The minimum atomic E-state index is -4.77. The Hall–Kier alpha value is -3.82. The fourth-order valence-electron chi connectivity index (χ4n) is 3.47. The van der Waals surface area contributed by atoms with Gasteiger partial charge in [-0.3, -0.25) is 19.7 Å². The van der Waals surface area contributed by atoms with Crippen LogP contribution in [0.1, 0.15) is 16.8 Å². The van der Waals surface area contributed by atoms with E-state index in [2.05, 4.69) is 15.0 Å². The van der Waals surface area contributed by atoms with Crippen molar-refractivity contribution in [2.45, 2.75) is 11.7 Å². The molecule has 0 saturated carbocycles. The van der Waals surface area contributed by atoms with E-state index < -0.39 is 29.1 Å². The van der Waals surface area contributed by atoms with Crippen LogP contribution in [0.5, 0.6) is 0 Å². The van der Waals surface area contributed by atoms with E-state index >= 15 is 4.39 Å². The number of nitrogens with two attached hydrogens (primary N) is 1. The number of likely N-dealkylation sites (N-methyl/N-ethyl adjacent to an activating group) is 1. The first-order valence-electron chi connectivity index (χ1n) is 9.03. The van der Waals surface area contributed by atoms with E-state index in [1.807, 2.05) is 0 Å². The Balaban J connectivity index is 2.00. The van der Waals surface area contributed by atoms with Crippen LogP contribution in [0.4, 0.5) is 17.6 Å². The fourth-order valence-corrected chi connectivity index (χ4v) is 3.47. The van der Waals surface area contributed by atoms with Gasteiger partial charge in [-0.25, -0.2) is 9.38 Å². The van der Waals surface area contributed by atoms with E-state index in [-0.39, 0.29) is 17.1 Å². The lowest BCUT2D eigenvalue weighted by Crippen LogP contribution is -2.41. The van der Waals surface area contributed by atoms with Crippen LogP contribution >= 0.6 is 0 Å². The highest BCUT2D eigenvalue weighted by Gasteiger charge is 2.52. The number of hydrogen-bond acceptors (Lipinski definition) is 5. The summed E-state index contributed by atoms with van der Waals surface area (Å²) >= 11 is 0. The number of halogens is 4. The van der Waals surface area contributed by atoms with Crippen LogP contribution in [-0.4, -0.2) is 33.8 Å². The molecule has 1 aliphatic rings. The molecule has 0 fully saturated rings. The Morgan fingerprint density at radius 1 is 1.03 bits per heavy atom. The van der Waals surface area contributed by atoms with Crippen molar-refractivity contribution in [1.82, 2.24) is 14.9 Å². The van der Waals surface area contributed by atoms with Gasteiger partial charge in [0.2, 0.25) is 0 Å². The quantitative estimate of drug-likeness (QED) is 0.648. The van der Waals surface area contributed by atoms with Crippen molar-refractivity contribution in [2.75, 3.05) is 7.05 Å². The zero-order chi connectivity index (χ0) is 22.4. The van der Waals surface area contributed by atoms with Crippen molar-refractivity contribution in [1.29, 1.82) is 0 Å². The molecule has 158 valence electrons. The van der Waals surface area contributed by atoms with E-state index in [4.69, 9.17) is 5.73 Å². The lowest BCUT2D eigenvalue weighted by molar-refractivity contribution is -0.141. The molecule has 1 aromatic carbocycles. The van der Waals surface area contributed by atoms with Crippen molar-refractivity contribution in [3.05, 3.63) is 83.6 Å². The molecule has 3 heterocycles. The minimum Gasteiger partial charge on any atom is -0.369 e. The van der Waals surface area contributed by atoms with E-state index in [9.17, 15) is 18.0 Å². The molecule has 1 aliphatic heterocycles. The van der Waals surface area contributed by atoms with Gasteiger partial charge < -0.3 is 5.73 Å². The number of alkyl halides is 3. The lowest BCUT2D eigenvalue weighted by Gasteiger charge is -2.27. The van der Waals surface area contributed by atoms with E-state index in [0.29, 0.717) is 17.3 Å². The summed E-state index contributed by atoms with van der Waals surface area (Å²) in [5, 5.41) is 0. The van der Waals surface area contributed by atoms with E-state index in [1.165, 1.54) is 31.4 Å². The third-order valence-electron chi connectivity index (χ3n) is 5.03. The van der Waals surface area contributed by atoms with Crippen LogP contribution in [0.2, 0.25) is 0 Å². The summed E-state index contributed by atoms with van der Waals surface area (Å²) in [4.78, 5) is 25.9. The van der Waals surface area contributed by atoms with Gasteiger partial charge in [-0.1, -0.05) is 6.07 Å². The number of carbonyl (C=O) groups excluding carboxylic acids is 1. The van der Waals surface area contributed by atoms with Crippen molar-refractivity contribution in [3.8, 4) is 11.3 Å². The number of pyridine rings is 2. The van der Waals surface area contributed by atoms with Crippen molar-refractivity contribution in [3.63, 3.8) is 0 Å². The number of carbonyl (C=O) groups is 1. The molecule has 3 aromatic rings. The van der Waals surface area contributed by atoms with Gasteiger partial charge in [-0.2, -0.15) is 13.2 Å². The molecule has 1 atom stereocenters. The van der Waals surface area contributed by atoms with Crippen molar-refractivity contribution < 1.29 is 22.4 Å². The number of guanidine groups is 1. The smallest absolute Gasteiger partial charge is 0.369 e. The number of rotatable bonds is 3. The molecule has 2 N–H and O–H groups in total. The first kappa shape index (κ1) is 20.5. The molecule has 4 rings (SSSR count). The molecule has 1 amide bonds. The van der Waals surface area contributed by atoms with E-state index in [1.54, 1.807) is 18.2 Å². The van der Waals surface area contributed by atoms with Crippen LogP contribution in [0.3, 0.4) is 0 Å². The van der Waals surface area contributed by atoms with Gasteiger partial charge in [0.05, 0.1) is 5.69 Å². The highest BCUT2D eigenvalue weighted by atomic mass is 19.4. The second-order valence-corrected chi connectivity index (χ2v) is 6.88. The van der Waals surface area contributed by atoms with Gasteiger partial charge in [-0.15, -0.1) is 0 Å². The average molecular weight is 429 g/mol. The van der Waals surface area contributed by atoms with Crippen LogP contribution in [-0.2, 0) is 16.5 Å². The molecule has 2 aromatic heterocycles. The van der Waals surface area contributed by atoms with Crippen LogP contribution in [0.15, 0.2) is 65.9 Å². The normalized spacial score (nSPS) is 18.9. The molecular formula is C21H15F4N5O. The van der Waals surface area contributed by atoms with Gasteiger partial charge >= 0.3 is 6.18 Å². The number of hydrogen-bond donors (Lipinski definition) is 1. The van der Waals surface area contributed by atoms with Crippen molar-refractivity contribution >= 4 is 11.9 Å². The Morgan fingerprint density at radius 3 is 2.42 bits per heavy atom. The monoisotopic (exact) mass is 429 g/mol. The van der Waals surface area contributed by atoms with Crippen LogP contribution in [0, 0.1) is 5.82 Å². The topological polar surface area (TPSA) is 84.5 Å². The van der Waals surface area contributed by atoms with Gasteiger partial charge in [0.25, 0.3) is 5.91 Å². The van der Waals surface area contributed by atoms with Crippen LogP contribution in [0.25, 0.3) is 11.3 Å². The Bertz CT molecular complexity index is 1200. The number of nitrogens with zero attached hydrogens (tertiary/aromatic N) is 4. The molecule has 0 saturated heterocycles. The number of aliphatic imine (C=N–C) groups is 1. The van der Waals surface area contributed by atoms with Gasteiger partial charge in [0.1, 0.15) is 11.5 Å². The second kappa shape index (κ2) is 7.15. The van der Waals surface area contributed by atoms with Crippen LogP contribution < -0.4 is 5.73 Å².